The van der Waals surface area contributed by atoms with Gasteiger partial charge in [0.1, 0.15) is 0 Å². The zero-order chi connectivity index (χ0) is 11.7. The highest BCUT2D eigenvalue weighted by molar-refractivity contribution is 9.10. The summed E-state index contributed by atoms with van der Waals surface area (Å²) < 4.78 is 3.47. The first-order valence-corrected chi connectivity index (χ1v) is 5.94. The number of benzene rings is 1. The molecule has 0 aliphatic rings. The summed E-state index contributed by atoms with van der Waals surface area (Å²) in [6.07, 6.45) is 0.289. The number of H-pyrrole nitrogens is 1. The maximum absolute atomic E-state index is 10.8. The van der Waals surface area contributed by atoms with Gasteiger partial charge in [-0.3, -0.25) is 4.79 Å². The number of imidazole rings is 1. The molecule has 3 N–H and O–H groups in total. The molecule has 0 aliphatic heterocycles. The second kappa shape index (κ2) is 4.39. The van der Waals surface area contributed by atoms with E-state index in [4.69, 9.17) is 18.0 Å². The fourth-order valence-corrected chi connectivity index (χ4v) is 2.24. The van der Waals surface area contributed by atoms with Gasteiger partial charge in [-0.1, -0.05) is 15.9 Å². The van der Waals surface area contributed by atoms with Crippen molar-refractivity contribution in [3.05, 3.63) is 27.4 Å². The largest absolute Gasteiger partial charge is 0.370 e. The molecule has 0 saturated heterocycles. The number of nitrogens with one attached hydrogen (secondary N) is 1. The summed E-state index contributed by atoms with van der Waals surface area (Å²) in [5.74, 6) is -0.326. The van der Waals surface area contributed by atoms with Crippen LogP contribution in [0.5, 0.6) is 0 Å². The molecule has 1 aromatic carbocycles. The molecule has 1 heterocycles. The van der Waals surface area contributed by atoms with Gasteiger partial charge < -0.3 is 15.3 Å². The van der Waals surface area contributed by atoms with Crippen LogP contribution in [0, 0.1) is 4.77 Å². The number of aryl methyl sites for hydroxylation is 1. The monoisotopic (exact) mass is 299 g/mol. The zero-order valence-electron chi connectivity index (χ0n) is 8.37. The molecule has 0 atom stereocenters. The van der Waals surface area contributed by atoms with Gasteiger partial charge in [0.2, 0.25) is 5.91 Å². The van der Waals surface area contributed by atoms with Crippen molar-refractivity contribution in [1.82, 2.24) is 9.55 Å². The van der Waals surface area contributed by atoms with Gasteiger partial charge in [0.15, 0.2) is 4.77 Å². The standard InChI is InChI=1S/C10H10BrN3OS/c11-6-1-2-8-7(5-6)13-10(16)14(8)4-3-9(12)15/h1-2,5H,3-4H2,(H2,12,15)(H,13,16). The Hall–Kier alpha value is -1.14. The minimum atomic E-state index is -0.326. The molecule has 1 amide bonds. The number of halogens is 1. The van der Waals surface area contributed by atoms with Gasteiger partial charge >= 0.3 is 0 Å². The van der Waals surface area contributed by atoms with E-state index < -0.39 is 0 Å². The van der Waals surface area contributed by atoms with Crippen LogP contribution >= 0.6 is 28.1 Å². The highest BCUT2D eigenvalue weighted by Crippen LogP contribution is 2.19. The molecule has 0 bridgehead atoms. The number of aromatic nitrogens is 2. The predicted octanol–water partition coefficient (Wildman–Crippen LogP) is 2.34. The molecule has 0 saturated carbocycles. The lowest BCUT2D eigenvalue weighted by atomic mass is 10.3. The van der Waals surface area contributed by atoms with Crippen molar-refractivity contribution in [2.75, 3.05) is 0 Å². The summed E-state index contributed by atoms with van der Waals surface area (Å²) in [6, 6.07) is 5.84. The van der Waals surface area contributed by atoms with Crippen molar-refractivity contribution in [3.63, 3.8) is 0 Å². The third-order valence-electron chi connectivity index (χ3n) is 2.32. The first kappa shape index (κ1) is 11.3. The summed E-state index contributed by atoms with van der Waals surface area (Å²) in [5, 5.41) is 0. The van der Waals surface area contributed by atoms with Crippen molar-refractivity contribution < 1.29 is 4.79 Å². The first-order chi connectivity index (χ1) is 7.58. The van der Waals surface area contributed by atoms with Crippen LogP contribution in [0.1, 0.15) is 6.42 Å². The summed E-state index contributed by atoms with van der Waals surface area (Å²) in [4.78, 5) is 13.8. The van der Waals surface area contributed by atoms with Crippen LogP contribution < -0.4 is 5.73 Å². The van der Waals surface area contributed by atoms with Gasteiger partial charge in [-0.15, -0.1) is 0 Å². The average Bonchev–Trinajstić information content (AvgIpc) is 2.50. The van der Waals surface area contributed by atoms with Crippen molar-refractivity contribution in [2.45, 2.75) is 13.0 Å². The van der Waals surface area contributed by atoms with Gasteiger partial charge in [0, 0.05) is 17.4 Å². The number of carbonyl (C=O) groups excluding carboxylic acids is 1. The molecule has 0 aliphatic carbocycles. The second-order valence-corrected chi connectivity index (χ2v) is 4.76. The van der Waals surface area contributed by atoms with Gasteiger partial charge in [-0.25, -0.2) is 0 Å². The minimum absolute atomic E-state index is 0.289. The Balaban J connectivity index is 2.48. The Morgan fingerprint density at radius 2 is 2.31 bits per heavy atom. The Labute approximate surface area is 106 Å². The molecule has 84 valence electrons. The van der Waals surface area contributed by atoms with Gasteiger partial charge in [0.25, 0.3) is 0 Å². The van der Waals surface area contributed by atoms with E-state index in [2.05, 4.69) is 20.9 Å². The quantitative estimate of drug-likeness (QED) is 0.855. The third kappa shape index (κ3) is 2.17. The minimum Gasteiger partial charge on any atom is -0.370 e. The van der Waals surface area contributed by atoms with Crippen LogP contribution in [0.4, 0.5) is 0 Å². The van der Waals surface area contributed by atoms with E-state index >= 15 is 0 Å². The van der Waals surface area contributed by atoms with Gasteiger partial charge in [-0.05, 0) is 30.4 Å². The fraction of sp³-hybridized carbons (Fsp3) is 0.200. The van der Waals surface area contributed by atoms with E-state index in [0.717, 1.165) is 15.5 Å². The summed E-state index contributed by atoms with van der Waals surface area (Å²) in [5.41, 5.74) is 7.05. The fourth-order valence-electron chi connectivity index (χ4n) is 1.58. The molecule has 16 heavy (non-hydrogen) atoms. The SMILES string of the molecule is NC(=O)CCn1c(=S)[nH]c2cc(Br)ccc21. The Bertz CT molecular complexity index is 602. The van der Waals surface area contributed by atoms with Crippen molar-refractivity contribution in [3.8, 4) is 0 Å². The number of nitrogens with two attached hydrogens (primary N) is 1. The van der Waals surface area contributed by atoms with Crippen molar-refractivity contribution in [2.24, 2.45) is 5.73 Å². The normalized spacial score (nSPS) is 10.8. The van der Waals surface area contributed by atoms with Crippen LogP contribution in [0.3, 0.4) is 0 Å². The van der Waals surface area contributed by atoms with Crippen LogP contribution in [-0.4, -0.2) is 15.5 Å². The molecular weight excluding hydrogens is 290 g/mol. The number of nitrogens with zero attached hydrogens (tertiary/aromatic N) is 1. The van der Waals surface area contributed by atoms with E-state index in [0.29, 0.717) is 11.3 Å². The number of hydrogen-bond donors (Lipinski definition) is 2. The number of fused-ring (bicyclic) bond motifs is 1. The Morgan fingerprint density at radius 1 is 1.56 bits per heavy atom. The summed E-state index contributed by atoms with van der Waals surface area (Å²) >= 11 is 8.58. The van der Waals surface area contributed by atoms with Gasteiger partial charge in [0.05, 0.1) is 11.0 Å². The van der Waals surface area contributed by atoms with Crippen LogP contribution in [0.25, 0.3) is 11.0 Å². The molecule has 2 aromatic rings. The first-order valence-electron chi connectivity index (χ1n) is 4.74. The lowest BCUT2D eigenvalue weighted by Gasteiger charge is -2.01. The van der Waals surface area contributed by atoms with E-state index in [9.17, 15) is 4.79 Å². The summed E-state index contributed by atoms with van der Waals surface area (Å²) in [7, 11) is 0. The topological polar surface area (TPSA) is 63.8 Å². The smallest absolute Gasteiger partial charge is 0.219 e. The average molecular weight is 300 g/mol. The van der Waals surface area contributed by atoms with Crippen LogP contribution in [0.2, 0.25) is 0 Å². The van der Waals surface area contributed by atoms with E-state index in [-0.39, 0.29) is 12.3 Å². The molecule has 0 unspecified atom stereocenters. The maximum Gasteiger partial charge on any atom is 0.219 e. The molecule has 0 radical (unpaired) electrons. The lowest BCUT2D eigenvalue weighted by Crippen LogP contribution is -2.13. The molecular formula is C10H10BrN3OS. The number of carbonyl (C=O) groups is 1. The predicted molar refractivity (Wildman–Crippen MR) is 68.6 cm³/mol. The molecule has 0 fully saturated rings. The number of rotatable bonds is 3. The number of aromatic amines is 1. The maximum atomic E-state index is 10.8. The number of primary amides is 1. The van der Waals surface area contributed by atoms with Crippen molar-refractivity contribution >= 4 is 45.1 Å². The Kier molecular flexibility index (Phi) is 3.11. The van der Waals surface area contributed by atoms with E-state index in [1.807, 2.05) is 22.8 Å². The molecule has 6 heteroatoms. The third-order valence-corrected chi connectivity index (χ3v) is 3.13. The lowest BCUT2D eigenvalue weighted by molar-refractivity contribution is -0.118. The molecule has 1 aromatic heterocycles. The Morgan fingerprint density at radius 3 is 3.00 bits per heavy atom. The number of amides is 1. The van der Waals surface area contributed by atoms with Gasteiger partial charge in [-0.2, -0.15) is 0 Å². The molecule has 4 nitrogen and oxygen atoms in total. The molecule has 0 spiro atoms. The van der Waals surface area contributed by atoms with E-state index in [1.54, 1.807) is 0 Å². The number of hydrogen-bond acceptors (Lipinski definition) is 2. The highest BCUT2D eigenvalue weighted by atomic mass is 79.9. The van der Waals surface area contributed by atoms with E-state index in [1.165, 1.54) is 0 Å². The van der Waals surface area contributed by atoms with Crippen LogP contribution in [-0.2, 0) is 11.3 Å². The second-order valence-electron chi connectivity index (χ2n) is 3.46. The van der Waals surface area contributed by atoms with Crippen molar-refractivity contribution in [1.29, 1.82) is 0 Å². The van der Waals surface area contributed by atoms with Crippen LogP contribution in [0.15, 0.2) is 22.7 Å². The highest BCUT2D eigenvalue weighted by Gasteiger charge is 2.05. The molecule has 2 rings (SSSR count). The summed E-state index contributed by atoms with van der Waals surface area (Å²) in [6.45, 7) is 0.510. The zero-order valence-corrected chi connectivity index (χ0v) is 10.8.